The second kappa shape index (κ2) is 8.32. The summed E-state index contributed by atoms with van der Waals surface area (Å²) in [4.78, 5) is 11.9. The van der Waals surface area contributed by atoms with Crippen molar-refractivity contribution in [3.8, 4) is 0 Å². The summed E-state index contributed by atoms with van der Waals surface area (Å²) in [7, 11) is 0. The molecule has 1 aromatic rings. The molecule has 2 N–H and O–H groups in total. The molecular weight excluding hydrogens is 270 g/mol. The molecule has 112 valence electrons. The van der Waals surface area contributed by atoms with Gasteiger partial charge < -0.3 is 5.11 Å². The van der Waals surface area contributed by atoms with E-state index in [1.807, 2.05) is 49.0 Å². The lowest BCUT2D eigenvalue weighted by molar-refractivity contribution is -0.145. The maximum atomic E-state index is 11.9. The molecule has 20 heavy (non-hydrogen) atoms. The zero-order valence-electron chi connectivity index (χ0n) is 12.6. The molecule has 0 aliphatic heterocycles. The molecule has 4 heteroatoms. The van der Waals surface area contributed by atoms with E-state index in [0.717, 1.165) is 17.1 Å². The molecule has 3 nitrogen and oxygen atoms in total. The first-order valence-corrected chi connectivity index (χ1v) is 8.30. The molecule has 0 heterocycles. The van der Waals surface area contributed by atoms with Gasteiger partial charge in [-0.3, -0.25) is 5.32 Å². The van der Waals surface area contributed by atoms with Crippen LogP contribution in [-0.2, 0) is 10.3 Å². The first-order valence-electron chi connectivity index (χ1n) is 7.14. The van der Waals surface area contributed by atoms with E-state index in [9.17, 15) is 9.90 Å². The normalized spacial score (nSPS) is 14.2. The van der Waals surface area contributed by atoms with Crippen molar-refractivity contribution in [3.63, 3.8) is 0 Å². The van der Waals surface area contributed by atoms with Gasteiger partial charge in [-0.2, -0.15) is 11.8 Å². The summed E-state index contributed by atoms with van der Waals surface area (Å²) in [5.74, 6) is 1.74. The minimum absolute atomic E-state index is 0.595. The average Bonchev–Trinajstić information content (AvgIpc) is 2.42. The van der Waals surface area contributed by atoms with E-state index in [1.165, 1.54) is 0 Å². The average molecular weight is 295 g/mol. The van der Waals surface area contributed by atoms with Crippen molar-refractivity contribution in [2.75, 3.05) is 18.1 Å². The predicted octanol–water partition coefficient (Wildman–Crippen LogP) is 3.36. The number of nitrogens with one attached hydrogen (secondary N) is 1. The van der Waals surface area contributed by atoms with E-state index < -0.39 is 11.5 Å². The number of likely N-dealkylation sites (N-methyl/N-ethyl adjacent to an activating group) is 1. The summed E-state index contributed by atoms with van der Waals surface area (Å²) >= 11 is 1.82. The zero-order valence-corrected chi connectivity index (χ0v) is 13.4. The Morgan fingerprint density at radius 2 is 2.00 bits per heavy atom. The number of rotatable bonds is 9. The third kappa shape index (κ3) is 4.53. The van der Waals surface area contributed by atoms with Crippen LogP contribution < -0.4 is 5.32 Å². The largest absolute Gasteiger partial charge is 0.480 e. The standard InChI is InChI=1S/C16H25NO2S/c1-4-17-16(15(18)19,10-11-20-12-13(2)3)14-8-6-5-7-9-14/h5-9,13,17H,4,10-12H2,1-3H3,(H,18,19). The Hall–Kier alpha value is -1.00. The third-order valence-electron chi connectivity index (χ3n) is 3.18. The van der Waals surface area contributed by atoms with Gasteiger partial charge >= 0.3 is 5.97 Å². The molecule has 1 atom stereocenters. The number of benzene rings is 1. The van der Waals surface area contributed by atoms with E-state index in [2.05, 4.69) is 19.2 Å². The summed E-state index contributed by atoms with van der Waals surface area (Å²) in [5.41, 5.74) is -0.139. The minimum atomic E-state index is -0.972. The van der Waals surface area contributed by atoms with Gasteiger partial charge in [0.05, 0.1) is 0 Å². The number of carbonyl (C=O) groups is 1. The first-order chi connectivity index (χ1) is 9.53. The Bertz CT molecular complexity index is 408. The third-order valence-corrected chi connectivity index (χ3v) is 4.58. The predicted molar refractivity (Wildman–Crippen MR) is 86.2 cm³/mol. The van der Waals surface area contributed by atoms with Crippen LogP contribution in [0, 0.1) is 5.92 Å². The van der Waals surface area contributed by atoms with Crippen LogP contribution in [0.25, 0.3) is 0 Å². The summed E-state index contributed by atoms with van der Waals surface area (Å²) in [6, 6.07) is 9.49. The molecule has 0 bridgehead atoms. The monoisotopic (exact) mass is 295 g/mol. The highest BCUT2D eigenvalue weighted by Crippen LogP contribution is 2.28. The van der Waals surface area contributed by atoms with Gasteiger partial charge in [0, 0.05) is 0 Å². The number of carboxylic acid groups (broad SMARTS) is 1. The molecule has 0 saturated heterocycles. The SMILES string of the molecule is CCNC(CCSCC(C)C)(C(=O)O)c1ccccc1. The number of hydrogen-bond donors (Lipinski definition) is 2. The van der Waals surface area contributed by atoms with Gasteiger partial charge in [-0.05, 0) is 36.0 Å². The van der Waals surface area contributed by atoms with Crippen molar-refractivity contribution in [1.82, 2.24) is 5.32 Å². The molecule has 0 amide bonds. The first kappa shape index (κ1) is 17.1. The Morgan fingerprint density at radius 1 is 1.35 bits per heavy atom. The molecule has 0 saturated carbocycles. The second-order valence-corrected chi connectivity index (χ2v) is 6.48. The molecule has 0 radical (unpaired) electrons. The van der Waals surface area contributed by atoms with Crippen LogP contribution in [0.4, 0.5) is 0 Å². The summed E-state index contributed by atoms with van der Waals surface area (Å²) in [6.07, 6.45) is 0.595. The molecule has 0 aliphatic carbocycles. The summed E-state index contributed by atoms with van der Waals surface area (Å²) in [5, 5.41) is 12.9. The van der Waals surface area contributed by atoms with Gasteiger partial charge in [-0.15, -0.1) is 0 Å². The fourth-order valence-electron chi connectivity index (χ4n) is 2.21. The minimum Gasteiger partial charge on any atom is -0.480 e. The number of thioether (sulfide) groups is 1. The van der Waals surface area contributed by atoms with Crippen LogP contribution in [0.1, 0.15) is 32.8 Å². The molecule has 0 fully saturated rings. The zero-order chi connectivity index (χ0) is 15.0. The lowest BCUT2D eigenvalue weighted by Gasteiger charge is -2.31. The van der Waals surface area contributed by atoms with Crippen LogP contribution in [0.2, 0.25) is 0 Å². The Morgan fingerprint density at radius 3 is 2.50 bits per heavy atom. The topological polar surface area (TPSA) is 49.3 Å². The lowest BCUT2D eigenvalue weighted by Crippen LogP contribution is -2.49. The van der Waals surface area contributed by atoms with E-state index in [0.29, 0.717) is 18.9 Å². The lowest BCUT2D eigenvalue weighted by atomic mass is 9.87. The molecule has 1 aromatic carbocycles. The van der Waals surface area contributed by atoms with Crippen molar-refractivity contribution in [1.29, 1.82) is 0 Å². The smallest absolute Gasteiger partial charge is 0.328 e. The van der Waals surface area contributed by atoms with Crippen molar-refractivity contribution in [2.45, 2.75) is 32.7 Å². The van der Waals surface area contributed by atoms with Crippen molar-refractivity contribution < 1.29 is 9.90 Å². The molecular formula is C16H25NO2S. The summed E-state index contributed by atoms with van der Waals surface area (Å²) < 4.78 is 0. The maximum Gasteiger partial charge on any atom is 0.328 e. The Kier molecular flexibility index (Phi) is 7.10. The van der Waals surface area contributed by atoms with Gasteiger partial charge in [-0.1, -0.05) is 51.1 Å². The van der Waals surface area contributed by atoms with E-state index in [-0.39, 0.29) is 0 Å². The van der Waals surface area contributed by atoms with E-state index in [1.54, 1.807) is 0 Å². The number of aliphatic carboxylic acids is 1. The van der Waals surface area contributed by atoms with E-state index >= 15 is 0 Å². The summed E-state index contributed by atoms with van der Waals surface area (Å²) in [6.45, 7) is 6.94. The van der Waals surface area contributed by atoms with Crippen molar-refractivity contribution >= 4 is 17.7 Å². The number of hydrogen-bond acceptors (Lipinski definition) is 3. The molecule has 1 unspecified atom stereocenters. The second-order valence-electron chi connectivity index (χ2n) is 5.33. The molecule has 0 aliphatic rings. The highest BCUT2D eigenvalue weighted by atomic mass is 32.2. The maximum absolute atomic E-state index is 11.9. The van der Waals surface area contributed by atoms with E-state index in [4.69, 9.17) is 0 Å². The van der Waals surface area contributed by atoms with Gasteiger partial charge in [0.1, 0.15) is 5.54 Å². The van der Waals surface area contributed by atoms with Crippen LogP contribution in [-0.4, -0.2) is 29.1 Å². The molecule has 0 spiro atoms. The Labute approximate surface area is 126 Å². The van der Waals surface area contributed by atoms with Crippen molar-refractivity contribution in [3.05, 3.63) is 35.9 Å². The van der Waals surface area contributed by atoms with Gasteiger partial charge in [0.2, 0.25) is 0 Å². The van der Waals surface area contributed by atoms with Gasteiger partial charge in [0.25, 0.3) is 0 Å². The molecule has 1 rings (SSSR count). The van der Waals surface area contributed by atoms with Crippen LogP contribution in [0.3, 0.4) is 0 Å². The fourth-order valence-corrected chi connectivity index (χ4v) is 3.30. The highest BCUT2D eigenvalue weighted by molar-refractivity contribution is 7.99. The highest BCUT2D eigenvalue weighted by Gasteiger charge is 2.38. The number of carboxylic acids is 1. The Balaban J connectivity index is 2.86. The molecule has 0 aromatic heterocycles. The van der Waals surface area contributed by atoms with Crippen LogP contribution in [0.15, 0.2) is 30.3 Å². The van der Waals surface area contributed by atoms with Gasteiger partial charge in [0.15, 0.2) is 0 Å². The van der Waals surface area contributed by atoms with Crippen LogP contribution >= 0.6 is 11.8 Å². The fraction of sp³-hybridized carbons (Fsp3) is 0.562. The van der Waals surface area contributed by atoms with Crippen molar-refractivity contribution in [2.24, 2.45) is 5.92 Å². The van der Waals surface area contributed by atoms with Crippen LogP contribution in [0.5, 0.6) is 0 Å². The van der Waals surface area contributed by atoms with Gasteiger partial charge in [-0.25, -0.2) is 4.79 Å². The quantitative estimate of drug-likeness (QED) is 0.686.